The molecule has 0 radical (unpaired) electrons. The van der Waals surface area contributed by atoms with Crippen LogP contribution in [0.1, 0.15) is 36.7 Å². The molecule has 1 aromatic heterocycles. The van der Waals surface area contributed by atoms with E-state index in [1.165, 1.54) is 11.3 Å². The minimum atomic E-state index is 0.464. The second-order valence-electron chi connectivity index (χ2n) is 4.56. The fourth-order valence-corrected chi connectivity index (χ4v) is 1.93. The number of hydrogen-bond donors (Lipinski definition) is 1. The monoisotopic (exact) mass is 229 g/mol. The smallest absolute Gasteiger partial charge is 0.0763 e. The zero-order chi connectivity index (χ0) is 12.3. The average Bonchev–Trinajstić information content (AvgIpc) is 2.74. The predicted octanol–water partition coefficient (Wildman–Crippen LogP) is 2.51. The molecule has 2 aromatic rings. The van der Waals surface area contributed by atoms with E-state index >= 15 is 0 Å². The molecule has 3 heteroatoms. The van der Waals surface area contributed by atoms with Crippen LogP contribution in [0, 0.1) is 0 Å². The Morgan fingerprint density at radius 2 is 1.94 bits per heavy atom. The summed E-state index contributed by atoms with van der Waals surface area (Å²) in [5.74, 6) is 0.464. The summed E-state index contributed by atoms with van der Waals surface area (Å²) in [6.45, 7) is 5.67. The molecule has 90 valence electrons. The molecule has 0 aliphatic heterocycles. The van der Waals surface area contributed by atoms with E-state index in [2.05, 4.69) is 54.0 Å². The molecule has 0 fully saturated rings. The maximum Gasteiger partial charge on any atom is 0.0763 e. The van der Waals surface area contributed by atoms with Crippen molar-refractivity contribution < 1.29 is 0 Å². The Morgan fingerprint density at radius 1 is 1.24 bits per heavy atom. The van der Waals surface area contributed by atoms with Crippen LogP contribution in [0.2, 0.25) is 0 Å². The van der Waals surface area contributed by atoms with Crippen LogP contribution in [0.3, 0.4) is 0 Å². The van der Waals surface area contributed by atoms with Gasteiger partial charge < -0.3 is 5.73 Å². The van der Waals surface area contributed by atoms with Crippen molar-refractivity contribution in [3.8, 4) is 0 Å². The molecule has 3 nitrogen and oxygen atoms in total. The Balaban J connectivity index is 2.28. The number of nitrogens with two attached hydrogens (primary N) is 1. The molecular weight excluding hydrogens is 210 g/mol. The van der Waals surface area contributed by atoms with Gasteiger partial charge in [-0.3, -0.25) is 4.68 Å². The van der Waals surface area contributed by atoms with E-state index in [0.717, 1.165) is 12.2 Å². The lowest BCUT2D eigenvalue weighted by atomic mass is 10.1. The maximum absolute atomic E-state index is 5.65. The summed E-state index contributed by atoms with van der Waals surface area (Å²) in [6, 6.07) is 12.5. The lowest BCUT2D eigenvalue weighted by Crippen LogP contribution is -2.08. The third kappa shape index (κ3) is 2.74. The van der Waals surface area contributed by atoms with Crippen LogP contribution in [0.4, 0.5) is 0 Å². The third-order valence-corrected chi connectivity index (χ3v) is 2.84. The van der Waals surface area contributed by atoms with E-state index in [1.54, 1.807) is 0 Å². The number of benzene rings is 1. The van der Waals surface area contributed by atoms with Crippen molar-refractivity contribution in [1.29, 1.82) is 0 Å². The molecule has 2 rings (SSSR count). The first-order valence-corrected chi connectivity index (χ1v) is 6.01. The molecule has 2 N–H and O–H groups in total. The Morgan fingerprint density at radius 3 is 2.53 bits per heavy atom. The van der Waals surface area contributed by atoms with Crippen LogP contribution in [0.15, 0.2) is 36.4 Å². The SMILES string of the molecule is CC(C)c1cc(CN)nn1Cc1ccccc1. The van der Waals surface area contributed by atoms with Gasteiger partial charge in [-0.15, -0.1) is 0 Å². The van der Waals surface area contributed by atoms with Crippen molar-refractivity contribution in [2.24, 2.45) is 5.73 Å². The van der Waals surface area contributed by atoms with Gasteiger partial charge in [-0.2, -0.15) is 5.10 Å². The quantitative estimate of drug-likeness (QED) is 0.875. The van der Waals surface area contributed by atoms with Crippen molar-refractivity contribution in [3.05, 3.63) is 53.3 Å². The predicted molar refractivity (Wildman–Crippen MR) is 69.8 cm³/mol. The van der Waals surface area contributed by atoms with Gasteiger partial charge in [-0.05, 0) is 17.5 Å². The Kier molecular flexibility index (Phi) is 3.59. The van der Waals surface area contributed by atoms with Gasteiger partial charge in [-0.25, -0.2) is 0 Å². The summed E-state index contributed by atoms with van der Waals surface area (Å²) in [5, 5.41) is 4.54. The van der Waals surface area contributed by atoms with Gasteiger partial charge in [0, 0.05) is 12.2 Å². The number of rotatable bonds is 4. The van der Waals surface area contributed by atoms with Crippen LogP contribution < -0.4 is 5.73 Å². The third-order valence-electron chi connectivity index (χ3n) is 2.84. The normalized spacial score (nSPS) is 11.1. The van der Waals surface area contributed by atoms with E-state index < -0.39 is 0 Å². The fourth-order valence-electron chi connectivity index (χ4n) is 1.93. The molecule has 17 heavy (non-hydrogen) atoms. The van der Waals surface area contributed by atoms with Crippen LogP contribution in [0.25, 0.3) is 0 Å². The van der Waals surface area contributed by atoms with E-state index in [4.69, 9.17) is 5.73 Å². The van der Waals surface area contributed by atoms with E-state index in [0.29, 0.717) is 12.5 Å². The molecule has 0 saturated heterocycles. The minimum absolute atomic E-state index is 0.464. The van der Waals surface area contributed by atoms with Crippen molar-refractivity contribution >= 4 is 0 Å². The zero-order valence-corrected chi connectivity index (χ0v) is 10.4. The number of hydrogen-bond acceptors (Lipinski definition) is 2. The Bertz CT molecular complexity index is 471. The minimum Gasteiger partial charge on any atom is -0.325 e. The molecule has 0 unspecified atom stereocenters. The molecule has 0 aliphatic rings. The van der Waals surface area contributed by atoms with Crippen molar-refractivity contribution in [2.45, 2.75) is 32.9 Å². The summed E-state index contributed by atoms with van der Waals surface area (Å²) in [7, 11) is 0. The largest absolute Gasteiger partial charge is 0.325 e. The van der Waals surface area contributed by atoms with Crippen molar-refractivity contribution in [3.63, 3.8) is 0 Å². The summed E-state index contributed by atoms with van der Waals surface area (Å²) in [5.41, 5.74) is 9.12. The van der Waals surface area contributed by atoms with Crippen LogP contribution in [0.5, 0.6) is 0 Å². The second kappa shape index (κ2) is 5.15. The van der Waals surface area contributed by atoms with Gasteiger partial charge in [0.15, 0.2) is 0 Å². The average molecular weight is 229 g/mol. The van der Waals surface area contributed by atoms with Gasteiger partial charge in [-0.1, -0.05) is 44.2 Å². The summed E-state index contributed by atoms with van der Waals surface area (Å²) in [6.07, 6.45) is 0. The molecule has 0 amide bonds. The first-order valence-electron chi connectivity index (χ1n) is 6.01. The van der Waals surface area contributed by atoms with Gasteiger partial charge in [0.05, 0.1) is 12.2 Å². The topological polar surface area (TPSA) is 43.8 Å². The number of aromatic nitrogens is 2. The molecule has 0 spiro atoms. The zero-order valence-electron chi connectivity index (χ0n) is 10.4. The Hall–Kier alpha value is -1.61. The van der Waals surface area contributed by atoms with E-state index in [9.17, 15) is 0 Å². The molecular formula is C14H19N3. The highest BCUT2D eigenvalue weighted by Gasteiger charge is 2.10. The summed E-state index contributed by atoms with van der Waals surface area (Å²) in [4.78, 5) is 0. The highest BCUT2D eigenvalue weighted by Crippen LogP contribution is 2.17. The maximum atomic E-state index is 5.65. The number of nitrogens with zero attached hydrogens (tertiary/aromatic N) is 2. The van der Waals surface area contributed by atoms with Crippen LogP contribution in [-0.4, -0.2) is 9.78 Å². The van der Waals surface area contributed by atoms with Gasteiger partial charge in [0.2, 0.25) is 0 Å². The Labute approximate surface area is 102 Å². The first-order chi connectivity index (χ1) is 8.20. The molecule has 1 aromatic carbocycles. The van der Waals surface area contributed by atoms with E-state index in [-0.39, 0.29) is 0 Å². The lowest BCUT2D eigenvalue weighted by molar-refractivity contribution is 0.611. The highest BCUT2D eigenvalue weighted by molar-refractivity contribution is 5.19. The molecule has 0 bridgehead atoms. The fraction of sp³-hybridized carbons (Fsp3) is 0.357. The lowest BCUT2D eigenvalue weighted by Gasteiger charge is -2.09. The first kappa shape index (κ1) is 11.9. The standard InChI is InChI=1S/C14H19N3/c1-11(2)14-8-13(9-15)16-17(14)10-12-6-4-3-5-7-12/h3-8,11H,9-10,15H2,1-2H3. The van der Waals surface area contributed by atoms with Gasteiger partial charge in [0.25, 0.3) is 0 Å². The van der Waals surface area contributed by atoms with Crippen molar-refractivity contribution in [1.82, 2.24) is 9.78 Å². The summed E-state index contributed by atoms with van der Waals surface area (Å²) >= 11 is 0. The van der Waals surface area contributed by atoms with Crippen molar-refractivity contribution in [2.75, 3.05) is 0 Å². The molecule has 1 heterocycles. The second-order valence-corrected chi connectivity index (χ2v) is 4.56. The van der Waals surface area contributed by atoms with E-state index in [1.807, 2.05) is 6.07 Å². The van der Waals surface area contributed by atoms with Gasteiger partial charge in [0.1, 0.15) is 0 Å². The van der Waals surface area contributed by atoms with Crippen LogP contribution >= 0.6 is 0 Å². The molecule has 0 aliphatic carbocycles. The van der Waals surface area contributed by atoms with Crippen LogP contribution in [-0.2, 0) is 13.1 Å². The molecule has 0 atom stereocenters. The molecule has 0 saturated carbocycles. The highest BCUT2D eigenvalue weighted by atomic mass is 15.3. The summed E-state index contributed by atoms with van der Waals surface area (Å²) < 4.78 is 2.06. The van der Waals surface area contributed by atoms with Gasteiger partial charge >= 0.3 is 0 Å².